The average molecular weight is 395 g/mol. The fraction of sp³-hybridized carbons (Fsp3) is 0.150. The zero-order valence-electron chi connectivity index (χ0n) is 15.8. The number of anilines is 1. The number of hydrogen-bond acceptors (Lipinski definition) is 4. The second-order valence-electron chi connectivity index (χ2n) is 6.04. The first kappa shape index (κ1) is 19.4. The third-order valence-electron chi connectivity index (χ3n) is 4.27. The summed E-state index contributed by atoms with van der Waals surface area (Å²) in [5, 5.41) is 7.28. The largest absolute Gasteiger partial charge is 0.497 e. The Kier molecular flexibility index (Phi) is 5.90. The van der Waals surface area contributed by atoms with Gasteiger partial charge in [0.15, 0.2) is 5.11 Å². The van der Waals surface area contributed by atoms with E-state index >= 15 is 0 Å². The third-order valence-corrected chi connectivity index (χ3v) is 4.46. The monoisotopic (exact) mass is 395 g/mol. The van der Waals surface area contributed by atoms with Gasteiger partial charge in [0, 0.05) is 7.05 Å². The lowest BCUT2D eigenvalue weighted by Gasteiger charge is -2.07. The van der Waals surface area contributed by atoms with Crippen molar-refractivity contribution in [3.8, 4) is 11.4 Å². The van der Waals surface area contributed by atoms with Crippen molar-refractivity contribution in [1.29, 1.82) is 0 Å². The van der Waals surface area contributed by atoms with Gasteiger partial charge in [-0.1, -0.05) is 30.3 Å². The van der Waals surface area contributed by atoms with Crippen LogP contribution in [0, 0.1) is 6.92 Å². The van der Waals surface area contributed by atoms with E-state index in [9.17, 15) is 4.79 Å². The Morgan fingerprint density at radius 2 is 1.93 bits per heavy atom. The zero-order valence-corrected chi connectivity index (χ0v) is 16.7. The van der Waals surface area contributed by atoms with E-state index in [0.717, 1.165) is 22.7 Å². The van der Waals surface area contributed by atoms with Crippen LogP contribution in [0.2, 0.25) is 0 Å². The van der Waals surface area contributed by atoms with Crippen LogP contribution in [0.1, 0.15) is 11.3 Å². The van der Waals surface area contributed by atoms with Gasteiger partial charge in [-0.2, -0.15) is 5.10 Å². The van der Waals surface area contributed by atoms with Crippen LogP contribution < -0.4 is 21.0 Å². The predicted octanol–water partition coefficient (Wildman–Crippen LogP) is 2.81. The van der Waals surface area contributed by atoms with Crippen molar-refractivity contribution in [3.63, 3.8) is 0 Å². The normalized spacial score (nSPS) is 10.8. The first-order chi connectivity index (χ1) is 13.5. The van der Waals surface area contributed by atoms with Gasteiger partial charge in [-0.25, -0.2) is 4.68 Å². The molecule has 0 aliphatic heterocycles. The molecule has 3 aromatic rings. The van der Waals surface area contributed by atoms with Crippen molar-refractivity contribution in [3.05, 3.63) is 76.2 Å². The van der Waals surface area contributed by atoms with Crippen LogP contribution in [-0.2, 0) is 7.05 Å². The summed E-state index contributed by atoms with van der Waals surface area (Å²) >= 11 is 5.27. The molecule has 0 bridgehead atoms. The second-order valence-corrected chi connectivity index (χ2v) is 6.45. The fourth-order valence-corrected chi connectivity index (χ4v) is 2.90. The Morgan fingerprint density at radius 1 is 1.18 bits per heavy atom. The molecule has 0 amide bonds. The van der Waals surface area contributed by atoms with E-state index < -0.39 is 0 Å². The molecule has 144 valence electrons. The highest BCUT2D eigenvalue weighted by molar-refractivity contribution is 7.80. The number of ether oxygens (including phenoxy) is 1. The summed E-state index contributed by atoms with van der Waals surface area (Å²) in [5.74, 6) is 0.742. The van der Waals surface area contributed by atoms with E-state index in [0.29, 0.717) is 5.69 Å². The highest BCUT2D eigenvalue weighted by atomic mass is 32.1. The summed E-state index contributed by atoms with van der Waals surface area (Å²) < 4.78 is 8.54. The van der Waals surface area contributed by atoms with Crippen molar-refractivity contribution in [2.75, 3.05) is 12.4 Å². The van der Waals surface area contributed by atoms with E-state index in [1.54, 1.807) is 22.7 Å². The summed E-state index contributed by atoms with van der Waals surface area (Å²) in [6, 6.07) is 16.9. The van der Waals surface area contributed by atoms with Gasteiger partial charge >= 0.3 is 0 Å². The Bertz CT molecular complexity index is 1070. The molecule has 3 rings (SSSR count). The van der Waals surface area contributed by atoms with Crippen molar-refractivity contribution in [1.82, 2.24) is 14.8 Å². The summed E-state index contributed by atoms with van der Waals surface area (Å²) in [7, 11) is 3.43. The van der Waals surface area contributed by atoms with E-state index in [4.69, 9.17) is 17.0 Å². The molecular weight excluding hydrogens is 374 g/mol. The molecule has 0 spiro atoms. The number of methoxy groups -OCH3 is 1. The maximum Gasteiger partial charge on any atom is 0.295 e. The maximum absolute atomic E-state index is 12.9. The van der Waals surface area contributed by atoms with Gasteiger partial charge in [0.05, 0.1) is 24.7 Å². The lowest BCUT2D eigenvalue weighted by atomic mass is 10.2. The molecule has 2 N–H and O–H groups in total. The molecule has 0 aliphatic carbocycles. The molecule has 0 unspecified atom stereocenters. The first-order valence-corrected chi connectivity index (χ1v) is 9.00. The van der Waals surface area contributed by atoms with Crippen molar-refractivity contribution >= 4 is 29.2 Å². The molecule has 28 heavy (non-hydrogen) atoms. The quantitative estimate of drug-likeness (QED) is 0.395. The number of aromatic nitrogens is 2. The fourth-order valence-electron chi connectivity index (χ4n) is 2.74. The van der Waals surface area contributed by atoms with Crippen LogP contribution in [0.25, 0.3) is 5.69 Å². The van der Waals surface area contributed by atoms with Crippen LogP contribution in [0.3, 0.4) is 0 Å². The predicted molar refractivity (Wildman–Crippen MR) is 116 cm³/mol. The lowest BCUT2D eigenvalue weighted by molar-refractivity contribution is 0.415. The minimum atomic E-state index is -0.188. The topological polar surface area (TPSA) is 72.6 Å². The highest BCUT2D eigenvalue weighted by Crippen LogP contribution is 2.14. The number of nitrogens with one attached hydrogen (secondary N) is 2. The molecule has 0 atom stereocenters. The van der Waals surface area contributed by atoms with E-state index in [2.05, 4.69) is 15.8 Å². The summed E-state index contributed by atoms with van der Waals surface area (Å²) in [5.41, 5.74) is 5.34. The minimum Gasteiger partial charge on any atom is -0.497 e. The summed E-state index contributed by atoms with van der Waals surface area (Å²) in [6.07, 6.45) is 1.62. The molecule has 2 aromatic carbocycles. The van der Waals surface area contributed by atoms with Crippen LogP contribution in [-0.4, -0.2) is 27.8 Å². The van der Waals surface area contributed by atoms with Crippen molar-refractivity contribution in [2.24, 2.45) is 12.1 Å². The van der Waals surface area contributed by atoms with Crippen LogP contribution >= 0.6 is 12.2 Å². The molecule has 0 aliphatic rings. The number of thiocarbonyl (C=S) groups is 1. The average Bonchev–Trinajstić information content (AvgIpc) is 2.92. The van der Waals surface area contributed by atoms with Gasteiger partial charge in [0.2, 0.25) is 0 Å². The smallest absolute Gasteiger partial charge is 0.295 e. The maximum atomic E-state index is 12.9. The highest BCUT2D eigenvalue weighted by Gasteiger charge is 2.16. The van der Waals surface area contributed by atoms with Gasteiger partial charge in [0.25, 0.3) is 5.56 Å². The minimum absolute atomic E-state index is 0.188. The standard InChI is InChI=1S/C20H21N5O2S/c1-14-18(19(26)25(24(14)2)16-9-5-4-6-10-16)22-20(28)23-21-13-15-8-7-11-17(12-15)27-3/h4-13H,1-3H3,(H2,22,23,28)/b21-13+. The van der Waals surface area contributed by atoms with E-state index in [1.165, 1.54) is 0 Å². The Balaban J connectivity index is 1.74. The van der Waals surface area contributed by atoms with Crippen molar-refractivity contribution in [2.45, 2.75) is 6.92 Å². The number of rotatable bonds is 5. The lowest BCUT2D eigenvalue weighted by Crippen LogP contribution is -2.28. The number of para-hydroxylation sites is 1. The van der Waals surface area contributed by atoms with Crippen LogP contribution in [0.5, 0.6) is 5.75 Å². The molecule has 0 saturated heterocycles. The van der Waals surface area contributed by atoms with Gasteiger partial charge in [-0.3, -0.25) is 14.9 Å². The summed E-state index contributed by atoms with van der Waals surface area (Å²) in [6.45, 7) is 1.85. The molecule has 1 aromatic heterocycles. The number of nitrogens with zero attached hydrogens (tertiary/aromatic N) is 3. The zero-order chi connectivity index (χ0) is 20.1. The van der Waals surface area contributed by atoms with Crippen LogP contribution in [0.4, 0.5) is 5.69 Å². The summed E-state index contributed by atoms with van der Waals surface area (Å²) in [4.78, 5) is 12.9. The SMILES string of the molecule is COc1cccc(/C=N/NC(=S)Nc2c(C)n(C)n(-c3ccccc3)c2=O)c1. The second kappa shape index (κ2) is 8.53. The van der Waals surface area contributed by atoms with Gasteiger partial charge < -0.3 is 10.1 Å². The number of benzene rings is 2. The van der Waals surface area contributed by atoms with Crippen molar-refractivity contribution < 1.29 is 4.74 Å². The molecule has 1 heterocycles. The molecule has 7 nitrogen and oxygen atoms in total. The number of hydrogen-bond donors (Lipinski definition) is 2. The first-order valence-electron chi connectivity index (χ1n) is 8.59. The Hall–Kier alpha value is -3.39. The van der Waals surface area contributed by atoms with Crippen LogP contribution in [0.15, 0.2) is 64.5 Å². The molecular formula is C20H21N5O2S. The van der Waals surface area contributed by atoms with Gasteiger partial charge in [0.1, 0.15) is 11.4 Å². The molecule has 8 heteroatoms. The molecule has 0 saturated carbocycles. The molecule has 0 fully saturated rings. The number of hydrazone groups is 1. The van der Waals surface area contributed by atoms with Gasteiger partial charge in [-0.05, 0) is 49.0 Å². The third kappa shape index (κ3) is 4.12. The van der Waals surface area contributed by atoms with E-state index in [-0.39, 0.29) is 10.7 Å². The van der Waals surface area contributed by atoms with Gasteiger partial charge in [-0.15, -0.1) is 0 Å². The Labute approximate surface area is 168 Å². The molecule has 0 radical (unpaired) electrons. The van der Waals surface area contributed by atoms with E-state index in [1.807, 2.05) is 68.6 Å². The Morgan fingerprint density at radius 3 is 2.64 bits per heavy atom.